The van der Waals surface area contributed by atoms with Crippen molar-refractivity contribution in [1.29, 1.82) is 0 Å². The average molecular weight is 345 g/mol. The van der Waals surface area contributed by atoms with Gasteiger partial charge in [-0.3, -0.25) is 9.78 Å². The van der Waals surface area contributed by atoms with Crippen molar-refractivity contribution in [2.45, 2.75) is 32.7 Å². The van der Waals surface area contributed by atoms with Crippen LogP contribution < -0.4 is 5.32 Å². The number of nitrogens with one attached hydrogen (secondary N) is 1. The summed E-state index contributed by atoms with van der Waals surface area (Å²) in [5, 5.41) is 3.62. The van der Waals surface area contributed by atoms with E-state index in [0.717, 1.165) is 37.3 Å². The van der Waals surface area contributed by atoms with E-state index in [9.17, 15) is 4.79 Å². The Hall–Kier alpha value is -2.14. The number of amides is 1. The van der Waals surface area contributed by atoms with Crippen molar-refractivity contribution in [3.05, 3.63) is 52.4 Å². The summed E-state index contributed by atoms with van der Waals surface area (Å²) in [6.45, 7) is 4.12. The number of likely N-dealkylation sites (tertiary alicyclic amines) is 1. The summed E-state index contributed by atoms with van der Waals surface area (Å²) in [6, 6.07) is 7.56. The maximum Gasteiger partial charge on any atom is 0.255 e. The highest BCUT2D eigenvalue weighted by Crippen LogP contribution is 2.22. The molecule has 126 valence electrons. The second-order valence-electron chi connectivity index (χ2n) is 6.03. The summed E-state index contributed by atoms with van der Waals surface area (Å²) in [7, 11) is 0. The van der Waals surface area contributed by atoms with Gasteiger partial charge in [0.1, 0.15) is 5.82 Å². The number of hydrogen-bond acceptors (Lipinski definition) is 4. The van der Waals surface area contributed by atoms with Gasteiger partial charge in [0.2, 0.25) is 0 Å². The molecule has 0 radical (unpaired) electrons. The lowest BCUT2D eigenvalue weighted by Gasteiger charge is -2.26. The van der Waals surface area contributed by atoms with Crippen LogP contribution in [0, 0.1) is 6.92 Å². The summed E-state index contributed by atoms with van der Waals surface area (Å²) < 4.78 is 0. The lowest BCUT2D eigenvalue weighted by molar-refractivity contribution is 0.0724. The summed E-state index contributed by atoms with van der Waals surface area (Å²) in [5.74, 6) is 0.575. The average Bonchev–Trinajstić information content (AvgIpc) is 2.61. The number of aromatic nitrogens is 2. The second kappa shape index (κ2) is 7.62. The molecule has 0 saturated carbocycles. The van der Waals surface area contributed by atoms with Crippen LogP contribution in [0.4, 0.5) is 5.82 Å². The molecule has 0 spiro atoms. The van der Waals surface area contributed by atoms with E-state index in [1.807, 2.05) is 30.0 Å². The summed E-state index contributed by atoms with van der Waals surface area (Å²) >= 11 is 6.29. The number of pyridine rings is 2. The van der Waals surface area contributed by atoms with Crippen LogP contribution in [0.1, 0.15) is 41.0 Å². The van der Waals surface area contributed by atoms with Gasteiger partial charge in [0, 0.05) is 25.0 Å². The molecule has 0 aromatic carbocycles. The standard InChI is InChI=1S/C18H21ClN4O/c1-13-6-5-7-15(22-13)12-21-17-16(19)10-14(11-20-17)18(24)23-8-3-2-4-9-23/h5-7,10-11H,2-4,8-9,12H2,1H3,(H,20,21). The first-order valence-corrected chi connectivity index (χ1v) is 8.62. The molecule has 1 saturated heterocycles. The number of halogens is 1. The van der Waals surface area contributed by atoms with Gasteiger partial charge in [0.25, 0.3) is 5.91 Å². The molecule has 1 fully saturated rings. The Kier molecular flexibility index (Phi) is 5.30. The van der Waals surface area contributed by atoms with Crippen LogP contribution in [0.2, 0.25) is 5.02 Å². The zero-order valence-electron chi connectivity index (χ0n) is 13.8. The molecular weight excluding hydrogens is 324 g/mol. The monoisotopic (exact) mass is 344 g/mol. The molecule has 1 aliphatic heterocycles. The van der Waals surface area contributed by atoms with Crippen molar-refractivity contribution in [3.8, 4) is 0 Å². The molecule has 5 nitrogen and oxygen atoms in total. The molecule has 0 atom stereocenters. The molecule has 3 rings (SSSR count). The van der Waals surface area contributed by atoms with Gasteiger partial charge in [-0.05, 0) is 44.4 Å². The van der Waals surface area contributed by atoms with Crippen LogP contribution >= 0.6 is 11.6 Å². The van der Waals surface area contributed by atoms with Gasteiger partial charge in [-0.25, -0.2) is 4.98 Å². The number of nitrogens with zero attached hydrogens (tertiary/aromatic N) is 3. The molecule has 24 heavy (non-hydrogen) atoms. The molecule has 1 aliphatic rings. The Balaban J connectivity index is 1.67. The molecule has 0 bridgehead atoms. The maximum absolute atomic E-state index is 12.5. The summed E-state index contributed by atoms with van der Waals surface area (Å²) in [6.07, 6.45) is 4.92. The third kappa shape index (κ3) is 4.03. The highest BCUT2D eigenvalue weighted by molar-refractivity contribution is 6.33. The number of anilines is 1. The van der Waals surface area contributed by atoms with E-state index >= 15 is 0 Å². The predicted molar refractivity (Wildman–Crippen MR) is 95.3 cm³/mol. The van der Waals surface area contributed by atoms with E-state index in [-0.39, 0.29) is 5.91 Å². The van der Waals surface area contributed by atoms with E-state index < -0.39 is 0 Å². The summed E-state index contributed by atoms with van der Waals surface area (Å²) in [5.41, 5.74) is 2.43. The maximum atomic E-state index is 12.5. The van der Waals surface area contributed by atoms with Gasteiger partial charge in [0.15, 0.2) is 0 Å². The first-order chi connectivity index (χ1) is 11.6. The van der Waals surface area contributed by atoms with Gasteiger partial charge in [-0.1, -0.05) is 17.7 Å². The highest BCUT2D eigenvalue weighted by Gasteiger charge is 2.19. The number of carbonyl (C=O) groups excluding carboxylic acids is 1. The molecule has 2 aromatic rings. The molecule has 3 heterocycles. The second-order valence-corrected chi connectivity index (χ2v) is 6.44. The fraction of sp³-hybridized carbons (Fsp3) is 0.389. The molecule has 0 aliphatic carbocycles. The SMILES string of the molecule is Cc1cccc(CNc2ncc(C(=O)N3CCCCC3)cc2Cl)n1. The van der Waals surface area contributed by atoms with E-state index in [0.29, 0.717) is 22.9 Å². The Morgan fingerprint density at radius 1 is 1.29 bits per heavy atom. The highest BCUT2D eigenvalue weighted by atomic mass is 35.5. The largest absolute Gasteiger partial charge is 0.363 e. The van der Waals surface area contributed by atoms with E-state index in [4.69, 9.17) is 11.6 Å². The lowest BCUT2D eigenvalue weighted by atomic mass is 10.1. The molecule has 1 amide bonds. The lowest BCUT2D eigenvalue weighted by Crippen LogP contribution is -2.35. The van der Waals surface area contributed by atoms with Crippen molar-refractivity contribution >= 4 is 23.3 Å². The normalized spacial score (nSPS) is 14.5. The van der Waals surface area contributed by atoms with Gasteiger partial charge in [0.05, 0.1) is 22.8 Å². The van der Waals surface area contributed by atoms with E-state index in [1.54, 1.807) is 12.3 Å². The van der Waals surface area contributed by atoms with Crippen molar-refractivity contribution in [1.82, 2.24) is 14.9 Å². The number of hydrogen-bond donors (Lipinski definition) is 1. The van der Waals surface area contributed by atoms with Gasteiger partial charge in [-0.2, -0.15) is 0 Å². The van der Waals surface area contributed by atoms with Gasteiger partial charge >= 0.3 is 0 Å². The number of aryl methyl sites for hydroxylation is 1. The fourth-order valence-corrected chi connectivity index (χ4v) is 3.07. The molecule has 0 unspecified atom stereocenters. The Morgan fingerprint density at radius 3 is 2.79 bits per heavy atom. The quantitative estimate of drug-likeness (QED) is 0.919. The molecule has 2 aromatic heterocycles. The van der Waals surface area contributed by atoms with Crippen LogP contribution in [0.3, 0.4) is 0 Å². The zero-order chi connectivity index (χ0) is 16.9. The zero-order valence-corrected chi connectivity index (χ0v) is 14.5. The first kappa shape index (κ1) is 16.7. The minimum Gasteiger partial charge on any atom is -0.363 e. The Labute approximate surface area is 147 Å². The minimum atomic E-state index is 0.0102. The van der Waals surface area contributed by atoms with Crippen molar-refractivity contribution < 1.29 is 4.79 Å². The third-order valence-electron chi connectivity index (χ3n) is 4.11. The first-order valence-electron chi connectivity index (χ1n) is 8.25. The fourth-order valence-electron chi connectivity index (χ4n) is 2.84. The van der Waals surface area contributed by atoms with Gasteiger partial charge < -0.3 is 10.2 Å². The molecule has 1 N–H and O–H groups in total. The summed E-state index contributed by atoms with van der Waals surface area (Å²) in [4.78, 5) is 23.1. The minimum absolute atomic E-state index is 0.0102. The number of piperidine rings is 1. The third-order valence-corrected chi connectivity index (χ3v) is 4.40. The van der Waals surface area contributed by atoms with Crippen molar-refractivity contribution in [2.24, 2.45) is 0 Å². The Bertz CT molecular complexity index is 729. The van der Waals surface area contributed by atoms with Crippen molar-refractivity contribution in [3.63, 3.8) is 0 Å². The Morgan fingerprint density at radius 2 is 2.08 bits per heavy atom. The van der Waals surface area contributed by atoms with Crippen LogP contribution in [0.25, 0.3) is 0 Å². The van der Waals surface area contributed by atoms with Gasteiger partial charge in [-0.15, -0.1) is 0 Å². The van der Waals surface area contributed by atoms with Crippen LogP contribution in [0.5, 0.6) is 0 Å². The molecular formula is C18H21ClN4O. The predicted octanol–water partition coefficient (Wildman–Crippen LogP) is 3.68. The van der Waals surface area contributed by atoms with Crippen molar-refractivity contribution in [2.75, 3.05) is 18.4 Å². The molecule has 6 heteroatoms. The van der Waals surface area contributed by atoms with Crippen LogP contribution in [0.15, 0.2) is 30.5 Å². The van der Waals surface area contributed by atoms with E-state index in [2.05, 4.69) is 15.3 Å². The van der Waals surface area contributed by atoms with Crippen LogP contribution in [-0.4, -0.2) is 33.9 Å². The number of rotatable bonds is 4. The van der Waals surface area contributed by atoms with Crippen LogP contribution in [-0.2, 0) is 6.54 Å². The topological polar surface area (TPSA) is 58.1 Å². The number of carbonyl (C=O) groups is 1. The smallest absolute Gasteiger partial charge is 0.255 e. The van der Waals surface area contributed by atoms with E-state index in [1.165, 1.54) is 6.42 Å².